The van der Waals surface area contributed by atoms with Crippen LogP contribution in [0.5, 0.6) is 0 Å². The Bertz CT molecular complexity index is 787. The summed E-state index contributed by atoms with van der Waals surface area (Å²) in [4.78, 5) is 1.84. The summed E-state index contributed by atoms with van der Waals surface area (Å²) in [6, 6.07) is 10.1. The molecule has 0 aliphatic carbocycles. The average Bonchev–Trinajstić information content (AvgIpc) is 2.91. The van der Waals surface area contributed by atoms with E-state index < -0.39 is 11.7 Å². The fraction of sp³-hybridized carbons (Fsp3) is 0.188. The van der Waals surface area contributed by atoms with Gasteiger partial charge in [0.15, 0.2) is 5.84 Å². The third-order valence-electron chi connectivity index (χ3n) is 3.68. The molecule has 2 aromatic carbocycles. The van der Waals surface area contributed by atoms with E-state index in [-0.39, 0.29) is 0 Å². The smallest absolute Gasteiger partial charge is 0.398 e. The zero-order chi connectivity index (χ0) is 17.5. The van der Waals surface area contributed by atoms with Gasteiger partial charge in [-0.2, -0.15) is 18.3 Å². The molecule has 0 radical (unpaired) electrons. The molecule has 0 aromatic heterocycles. The summed E-state index contributed by atoms with van der Waals surface area (Å²) in [5.74, 6) is 0.580. The van der Waals surface area contributed by atoms with E-state index in [0.717, 1.165) is 17.8 Å². The van der Waals surface area contributed by atoms with Crippen molar-refractivity contribution in [3.8, 4) is 0 Å². The molecule has 0 saturated heterocycles. The van der Waals surface area contributed by atoms with E-state index in [2.05, 4.69) is 5.10 Å². The van der Waals surface area contributed by atoms with Crippen molar-refractivity contribution in [1.29, 1.82) is 0 Å². The first-order valence-corrected chi connectivity index (χ1v) is 7.43. The van der Waals surface area contributed by atoms with Crippen molar-refractivity contribution in [2.24, 2.45) is 5.10 Å². The van der Waals surface area contributed by atoms with Gasteiger partial charge in [-0.05, 0) is 30.3 Å². The van der Waals surface area contributed by atoms with Crippen LogP contribution >= 0.6 is 11.6 Å². The number of hydrazone groups is 1. The summed E-state index contributed by atoms with van der Waals surface area (Å²) < 4.78 is 38.0. The summed E-state index contributed by atoms with van der Waals surface area (Å²) in [7, 11) is 1.81. The summed E-state index contributed by atoms with van der Waals surface area (Å²) in [6.45, 7) is 0.455. The Morgan fingerprint density at radius 3 is 2.38 bits per heavy atom. The lowest BCUT2D eigenvalue weighted by molar-refractivity contribution is -0.137. The van der Waals surface area contributed by atoms with Gasteiger partial charge in [-0.15, -0.1) is 0 Å². The molecule has 0 fully saturated rings. The fourth-order valence-electron chi connectivity index (χ4n) is 2.39. The van der Waals surface area contributed by atoms with Crippen LogP contribution < -0.4 is 10.7 Å². The molecular weight excluding hydrogens is 341 g/mol. The van der Waals surface area contributed by atoms with Crippen molar-refractivity contribution < 1.29 is 13.2 Å². The number of anilines is 2. The van der Waals surface area contributed by atoms with Crippen molar-refractivity contribution >= 4 is 28.8 Å². The van der Waals surface area contributed by atoms with E-state index in [1.807, 2.05) is 11.9 Å². The normalized spacial score (nSPS) is 15.0. The third-order valence-corrected chi connectivity index (χ3v) is 4.00. The Labute approximate surface area is 141 Å². The van der Waals surface area contributed by atoms with Crippen molar-refractivity contribution in [1.82, 2.24) is 4.90 Å². The van der Waals surface area contributed by atoms with Gasteiger partial charge in [0.05, 0.1) is 22.0 Å². The topological polar surface area (TPSA) is 44.9 Å². The number of hydrogen-bond acceptors (Lipinski definition) is 4. The van der Waals surface area contributed by atoms with Crippen molar-refractivity contribution in [3.63, 3.8) is 0 Å². The number of halogens is 4. The molecule has 1 aliphatic rings. The Morgan fingerprint density at radius 2 is 1.79 bits per heavy atom. The van der Waals surface area contributed by atoms with Crippen LogP contribution in [-0.2, 0) is 6.18 Å². The van der Waals surface area contributed by atoms with Gasteiger partial charge in [0.25, 0.3) is 0 Å². The lowest BCUT2D eigenvalue weighted by Gasteiger charge is -2.17. The van der Waals surface area contributed by atoms with Gasteiger partial charge in [0.1, 0.15) is 6.67 Å². The van der Waals surface area contributed by atoms with Gasteiger partial charge in [-0.25, -0.2) is 5.01 Å². The number of nitrogen functional groups attached to an aromatic ring is 1. The van der Waals surface area contributed by atoms with Crippen LogP contribution in [0.2, 0.25) is 5.02 Å². The van der Waals surface area contributed by atoms with Crippen molar-refractivity contribution in [3.05, 3.63) is 58.6 Å². The predicted octanol–water partition coefficient (Wildman–Crippen LogP) is 4.01. The summed E-state index contributed by atoms with van der Waals surface area (Å²) in [6.07, 6.45) is -4.35. The molecule has 3 rings (SSSR count). The lowest BCUT2D eigenvalue weighted by Crippen LogP contribution is -2.27. The molecule has 0 atom stereocenters. The summed E-state index contributed by atoms with van der Waals surface area (Å²) in [5.41, 5.74) is 6.84. The maximum absolute atomic E-state index is 12.7. The highest BCUT2D eigenvalue weighted by atomic mass is 35.5. The molecule has 0 bridgehead atoms. The fourth-order valence-corrected chi connectivity index (χ4v) is 2.57. The highest BCUT2D eigenvalue weighted by Gasteiger charge is 2.30. The second kappa shape index (κ2) is 5.90. The monoisotopic (exact) mass is 354 g/mol. The highest BCUT2D eigenvalue weighted by Crippen LogP contribution is 2.30. The number of amidine groups is 1. The molecule has 0 amide bonds. The minimum absolute atomic E-state index is 0.424. The SMILES string of the molecule is CN1CN(c2ccc(N)c(Cl)c2)N=C1c1ccc(C(F)(F)F)cc1. The molecular formula is C16H14ClF3N4. The maximum Gasteiger partial charge on any atom is 0.416 e. The number of benzene rings is 2. The van der Waals surface area contributed by atoms with E-state index in [1.54, 1.807) is 23.2 Å². The van der Waals surface area contributed by atoms with Crippen LogP contribution in [0.1, 0.15) is 11.1 Å². The predicted molar refractivity (Wildman–Crippen MR) is 89.0 cm³/mol. The quantitative estimate of drug-likeness (QED) is 0.829. The van der Waals surface area contributed by atoms with Gasteiger partial charge in [0, 0.05) is 12.6 Å². The van der Waals surface area contributed by atoms with Crippen LogP contribution in [0.15, 0.2) is 47.6 Å². The molecule has 2 N–H and O–H groups in total. The standard InChI is InChI=1S/C16H14ClF3N4/c1-23-9-24(12-6-7-14(21)13(17)8-12)22-15(23)10-2-4-11(5-3-10)16(18,19)20/h2-8H,9,21H2,1H3. The Morgan fingerprint density at radius 1 is 1.12 bits per heavy atom. The van der Waals surface area contributed by atoms with Crippen molar-refractivity contribution in [2.75, 3.05) is 24.5 Å². The van der Waals surface area contributed by atoms with Gasteiger partial charge in [-0.1, -0.05) is 23.7 Å². The van der Waals surface area contributed by atoms with Crippen LogP contribution in [0.25, 0.3) is 0 Å². The minimum Gasteiger partial charge on any atom is -0.398 e. The first-order valence-electron chi connectivity index (χ1n) is 7.05. The van der Waals surface area contributed by atoms with Gasteiger partial charge >= 0.3 is 6.18 Å². The zero-order valence-corrected chi connectivity index (χ0v) is 13.4. The van der Waals surface area contributed by atoms with E-state index in [0.29, 0.717) is 28.8 Å². The Hall–Kier alpha value is -2.41. The molecule has 24 heavy (non-hydrogen) atoms. The summed E-state index contributed by atoms with van der Waals surface area (Å²) in [5, 5.41) is 6.60. The number of alkyl halides is 3. The maximum atomic E-state index is 12.7. The van der Waals surface area contributed by atoms with Gasteiger partial charge in [0.2, 0.25) is 0 Å². The van der Waals surface area contributed by atoms with Crippen LogP contribution in [0.3, 0.4) is 0 Å². The van der Waals surface area contributed by atoms with Gasteiger partial charge in [-0.3, -0.25) is 0 Å². The highest BCUT2D eigenvalue weighted by molar-refractivity contribution is 6.33. The molecule has 4 nitrogen and oxygen atoms in total. The molecule has 1 aliphatic heterocycles. The second-order valence-corrected chi connectivity index (χ2v) is 5.85. The Balaban J connectivity index is 1.89. The molecule has 2 aromatic rings. The molecule has 0 saturated carbocycles. The molecule has 0 unspecified atom stereocenters. The minimum atomic E-state index is -4.35. The summed E-state index contributed by atoms with van der Waals surface area (Å²) >= 11 is 6.02. The van der Waals surface area contributed by atoms with Gasteiger partial charge < -0.3 is 10.6 Å². The molecule has 126 valence electrons. The van der Waals surface area contributed by atoms with Crippen LogP contribution in [0, 0.1) is 0 Å². The number of nitrogens with zero attached hydrogens (tertiary/aromatic N) is 3. The number of nitrogens with two attached hydrogens (primary N) is 1. The van der Waals surface area contributed by atoms with E-state index in [9.17, 15) is 13.2 Å². The van der Waals surface area contributed by atoms with E-state index in [1.165, 1.54) is 12.1 Å². The first-order chi connectivity index (χ1) is 11.3. The number of hydrogen-bond donors (Lipinski definition) is 1. The zero-order valence-electron chi connectivity index (χ0n) is 12.7. The largest absolute Gasteiger partial charge is 0.416 e. The molecule has 0 spiro atoms. The van der Waals surface area contributed by atoms with E-state index >= 15 is 0 Å². The van der Waals surface area contributed by atoms with Crippen molar-refractivity contribution in [2.45, 2.75) is 6.18 Å². The van der Waals surface area contributed by atoms with E-state index in [4.69, 9.17) is 17.3 Å². The molecule has 1 heterocycles. The lowest BCUT2D eigenvalue weighted by atomic mass is 10.1. The Kier molecular flexibility index (Phi) is 4.04. The number of rotatable bonds is 2. The first kappa shape index (κ1) is 16.4. The second-order valence-electron chi connectivity index (χ2n) is 5.44. The third kappa shape index (κ3) is 3.12. The average molecular weight is 355 g/mol. The van der Waals surface area contributed by atoms with Crippen LogP contribution in [-0.4, -0.2) is 24.5 Å². The van der Waals surface area contributed by atoms with Crippen LogP contribution in [0.4, 0.5) is 24.5 Å². The molecule has 8 heteroatoms.